The molecule has 1 aromatic carbocycles. The van der Waals surface area contributed by atoms with Gasteiger partial charge in [0.25, 0.3) is 11.6 Å². The number of amides is 1. The predicted octanol–water partition coefficient (Wildman–Crippen LogP) is 3.47. The first kappa shape index (κ1) is 16.1. The van der Waals surface area contributed by atoms with Crippen molar-refractivity contribution in [1.82, 2.24) is 5.01 Å². The van der Waals surface area contributed by atoms with Gasteiger partial charge in [-0.05, 0) is 25.1 Å². The molecular weight excluding hydrogens is 332 g/mol. The molecule has 9 heteroatoms. The quantitative estimate of drug-likeness (QED) is 0.851. The van der Waals surface area contributed by atoms with Crippen molar-refractivity contribution >= 4 is 34.8 Å². The van der Waals surface area contributed by atoms with E-state index in [9.17, 15) is 23.1 Å². The summed E-state index contributed by atoms with van der Waals surface area (Å²) in [6.07, 6.45) is -5.88. The maximum Gasteiger partial charge on any atom is 0.438 e. The van der Waals surface area contributed by atoms with Crippen molar-refractivity contribution in [2.24, 2.45) is 5.10 Å². The van der Waals surface area contributed by atoms with Crippen molar-refractivity contribution in [2.45, 2.75) is 25.2 Å². The van der Waals surface area contributed by atoms with Crippen LogP contribution < -0.4 is 0 Å². The van der Waals surface area contributed by atoms with Crippen molar-refractivity contribution < 1.29 is 23.1 Å². The highest BCUT2D eigenvalue weighted by Gasteiger charge is 2.62. The number of carbonyl (C=O) groups is 1. The standard InChI is InChI=1S/C12H9Cl2F3N2O2/c1-6-5-11(21,12(15,16)17)19(18-6)10(20)8-4-7(13)2-3-9(8)14/h2-4,21H,5H2,1H3. The Bertz CT molecular complexity index is 633. The minimum atomic E-state index is -5.06. The minimum Gasteiger partial charge on any atom is -0.362 e. The van der Waals surface area contributed by atoms with Crippen LogP contribution in [0.4, 0.5) is 13.2 Å². The summed E-state index contributed by atoms with van der Waals surface area (Å²) in [5.74, 6) is -1.18. The van der Waals surface area contributed by atoms with E-state index in [-0.39, 0.29) is 26.3 Å². The Morgan fingerprint density at radius 3 is 2.62 bits per heavy atom. The molecule has 0 radical (unpaired) electrons. The fourth-order valence-electron chi connectivity index (χ4n) is 1.93. The van der Waals surface area contributed by atoms with E-state index in [4.69, 9.17) is 23.2 Å². The zero-order valence-electron chi connectivity index (χ0n) is 10.6. The van der Waals surface area contributed by atoms with Crippen molar-refractivity contribution in [1.29, 1.82) is 0 Å². The highest BCUT2D eigenvalue weighted by atomic mass is 35.5. The Labute approximate surface area is 127 Å². The summed E-state index contributed by atoms with van der Waals surface area (Å²) in [4.78, 5) is 12.2. The van der Waals surface area contributed by atoms with Gasteiger partial charge in [-0.1, -0.05) is 23.2 Å². The molecule has 1 aliphatic heterocycles. The number of halogens is 5. The van der Waals surface area contributed by atoms with E-state index in [0.717, 1.165) is 6.07 Å². The number of nitrogens with zero attached hydrogens (tertiary/aromatic N) is 2. The van der Waals surface area contributed by atoms with Crippen LogP contribution >= 0.6 is 23.2 Å². The van der Waals surface area contributed by atoms with Crippen LogP contribution in [0.25, 0.3) is 0 Å². The fraction of sp³-hybridized carbons (Fsp3) is 0.333. The SMILES string of the molecule is CC1=NN(C(=O)c2cc(Cl)ccc2Cl)C(O)(C(F)(F)F)C1. The average molecular weight is 341 g/mol. The first-order valence-corrected chi connectivity index (χ1v) is 6.44. The third kappa shape index (κ3) is 2.73. The van der Waals surface area contributed by atoms with Crippen molar-refractivity contribution in [3.8, 4) is 0 Å². The molecule has 1 atom stereocenters. The molecule has 1 aromatic rings. The van der Waals surface area contributed by atoms with Crippen molar-refractivity contribution in [2.75, 3.05) is 0 Å². The number of aliphatic hydroxyl groups is 1. The van der Waals surface area contributed by atoms with Crippen LogP contribution in [0.1, 0.15) is 23.7 Å². The molecule has 0 saturated heterocycles. The number of rotatable bonds is 1. The summed E-state index contributed by atoms with van der Waals surface area (Å²) >= 11 is 11.5. The van der Waals surface area contributed by atoms with E-state index in [1.165, 1.54) is 19.1 Å². The maximum atomic E-state index is 13.0. The summed E-state index contributed by atoms with van der Waals surface area (Å²) < 4.78 is 39.1. The zero-order chi connectivity index (χ0) is 16.0. The van der Waals surface area contributed by atoms with Crippen LogP contribution in [-0.2, 0) is 0 Å². The monoisotopic (exact) mass is 340 g/mol. The van der Waals surface area contributed by atoms with Crippen LogP contribution in [0.2, 0.25) is 10.0 Å². The lowest BCUT2D eigenvalue weighted by Crippen LogP contribution is -2.56. The molecule has 0 spiro atoms. The lowest BCUT2D eigenvalue weighted by Gasteiger charge is -2.32. The largest absolute Gasteiger partial charge is 0.438 e. The molecule has 1 aliphatic rings. The minimum absolute atomic E-state index is 0.000123. The predicted molar refractivity (Wildman–Crippen MR) is 71.4 cm³/mol. The van der Waals surface area contributed by atoms with E-state index < -0.39 is 24.2 Å². The number of alkyl halides is 3. The maximum absolute atomic E-state index is 13.0. The van der Waals surface area contributed by atoms with Crippen LogP contribution in [0.15, 0.2) is 23.3 Å². The molecule has 114 valence electrons. The molecule has 4 nitrogen and oxygen atoms in total. The molecule has 1 heterocycles. The van der Waals surface area contributed by atoms with Gasteiger partial charge in [-0.3, -0.25) is 4.79 Å². The first-order valence-electron chi connectivity index (χ1n) is 5.69. The Balaban J connectivity index is 2.48. The number of hydrazone groups is 1. The highest BCUT2D eigenvalue weighted by Crippen LogP contribution is 2.41. The Kier molecular flexibility index (Phi) is 3.94. The normalized spacial score (nSPS) is 22.4. The topological polar surface area (TPSA) is 52.9 Å². The van der Waals surface area contributed by atoms with Crippen LogP contribution in [-0.4, -0.2) is 33.6 Å². The molecule has 2 rings (SSSR count). The van der Waals surface area contributed by atoms with Gasteiger partial charge in [0, 0.05) is 17.2 Å². The number of carbonyl (C=O) groups excluding carboxylic acids is 1. The Morgan fingerprint density at radius 1 is 1.43 bits per heavy atom. The van der Waals surface area contributed by atoms with Crippen LogP contribution in [0, 0.1) is 0 Å². The number of hydrogen-bond donors (Lipinski definition) is 1. The second-order valence-corrected chi connectivity index (χ2v) is 5.41. The van der Waals surface area contributed by atoms with Crippen LogP contribution in [0.5, 0.6) is 0 Å². The Hall–Kier alpha value is -1.31. The molecule has 1 N–H and O–H groups in total. The van der Waals surface area contributed by atoms with E-state index in [2.05, 4.69) is 5.10 Å². The summed E-state index contributed by atoms with van der Waals surface area (Å²) in [6.45, 7) is 1.28. The van der Waals surface area contributed by atoms with Gasteiger partial charge in [0.1, 0.15) is 0 Å². The molecule has 1 unspecified atom stereocenters. The molecule has 0 aliphatic carbocycles. The smallest absolute Gasteiger partial charge is 0.362 e. The second kappa shape index (κ2) is 5.15. The Morgan fingerprint density at radius 2 is 2.05 bits per heavy atom. The molecule has 1 amide bonds. The van der Waals surface area contributed by atoms with Gasteiger partial charge in [-0.25, -0.2) is 0 Å². The fourth-order valence-corrected chi connectivity index (χ4v) is 2.30. The molecule has 0 aromatic heterocycles. The van der Waals surface area contributed by atoms with Gasteiger partial charge in [0.15, 0.2) is 0 Å². The van der Waals surface area contributed by atoms with Crippen molar-refractivity contribution in [3.63, 3.8) is 0 Å². The van der Waals surface area contributed by atoms with E-state index in [1.807, 2.05) is 0 Å². The van der Waals surface area contributed by atoms with Gasteiger partial charge in [0.2, 0.25) is 0 Å². The number of hydrogen-bond acceptors (Lipinski definition) is 3. The van der Waals surface area contributed by atoms with Gasteiger partial charge in [0.05, 0.1) is 10.6 Å². The average Bonchev–Trinajstić information content (AvgIpc) is 2.67. The molecular formula is C12H9Cl2F3N2O2. The number of benzene rings is 1. The van der Waals surface area contributed by atoms with Gasteiger partial charge in [-0.15, -0.1) is 0 Å². The lowest BCUT2D eigenvalue weighted by molar-refractivity contribution is -0.297. The van der Waals surface area contributed by atoms with E-state index in [0.29, 0.717) is 0 Å². The zero-order valence-corrected chi connectivity index (χ0v) is 12.1. The molecule has 0 bridgehead atoms. The first-order chi connectivity index (χ1) is 9.56. The molecule has 0 saturated carbocycles. The second-order valence-electron chi connectivity index (χ2n) is 4.57. The summed E-state index contributed by atoms with van der Waals surface area (Å²) in [6, 6.07) is 3.78. The molecule has 21 heavy (non-hydrogen) atoms. The lowest BCUT2D eigenvalue weighted by atomic mass is 10.1. The highest BCUT2D eigenvalue weighted by molar-refractivity contribution is 6.35. The van der Waals surface area contributed by atoms with Gasteiger partial charge in [-0.2, -0.15) is 23.3 Å². The third-order valence-corrected chi connectivity index (χ3v) is 3.49. The summed E-state index contributed by atoms with van der Waals surface area (Å²) in [5, 5.41) is 13.4. The van der Waals surface area contributed by atoms with Gasteiger partial charge < -0.3 is 5.11 Å². The van der Waals surface area contributed by atoms with Crippen molar-refractivity contribution in [3.05, 3.63) is 33.8 Å². The van der Waals surface area contributed by atoms with E-state index >= 15 is 0 Å². The summed E-state index contributed by atoms with van der Waals surface area (Å²) in [7, 11) is 0. The third-order valence-electron chi connectivity index (χ3n) is 2.93. The van der Waals surface area contributed by atoms with E-state index in [1.54, 1.807) is 0 Å². The van der Waals surface area contributed by atoms with Crippen LogP contribution in [0.3, 0.4) is 0 Å². The summed E-state index contributed by atoms with van der Waals surface area (Å²) in [5.41, 5.74) is -3.69. The molecule has 0 fully saturated rings. The van der Waals surface area contributed by atoms with Gasteiger partial charge >= 0.3 is 6.18 Å².